The fourth-order valence-corrected chi connectivity index (χ4v) is 1.77. The average Bonchev–Trinajstić information content (AvgIpc) is 2.84. The summed E-state index contributed by atoms with van der Waals surface area (Å²) in [4.78, 5) is 10.5. The van der Waals surface area contributed by atoms with E-state index in [9.17, 15) is 10.1 Å². The van der Waals surface area contributed by atoms with Crippen molar-refractivity contribution in [1.29, 1.82) is 0 Å². The molecule has 6 heteroatoms. The summed E-state index contributed by atoms with van der Waals surface area (Å²) in [7, 11) is 0. The second-order valence-corrected chi connectivity index (χ2v) is 3.95. The maximum atomic E-state index is 10.9. The number of hydrogen-bond donors (Lipinski definition) is 1. The molecule has 0 aliphatic rings. The van der Waals surface area contributed by atoms with Crippen LogP contribution in [0.4, 0.5) is 5.69 Å². The highest BCUT2D eigenvalue weighted by atomic mass is 16.6. The SMILES string of the molecule is NCc1cnn(CCc2ccccc2[N+](=O)[O-])c1. The molecule has 0 unspecified atom stereocenters. The quantitative estimate of drug-likeness (QED) is 0.639. The Kier molecular flexibility index (Phi) is 3.69. The van der Waals surface area contributed by atoms with Crippen LogP contribution >= 0.6 is 0 Å². The van der Waals surface area contributed by atoms with Gasteiger partial charge in [-0.1, -0.05) is 18.2 Å². The Morgan fingerprint density at radius 3 is 2.83 bits per heavy atom. The summed E-state index contributed by atoms with van der Waals surface area (Å²) in [5.41, 5.74) is 7.32. The zero-order valence-electron chi connectivity index (χ0n) is 9.82. The maximum Gasteiger partial charge on any atom is 0.272 e. The van der Waals surface area contributed by atoms with E-state index in [-0.39, 0.29) is 10.6 Å². The molecule has 0 saturated heterocycles. The van der Waals surface area contributed by atoms with Crippen LogP contribution in [0.2, 0.25) is 0 Å². The number of para-hydroxylation sites is 1. The van der Waals surface area contributed by atoms with E-state index in [2.05, 4.69) is 5.10 Å². The van der Waals surface area contributed by atoms with Gasteiger partial charge in [0.1, 0.15) is 0 Å². The van der Waals surface area contributed by atoms with Crippen LogP contribution < -0.4 is 5.73 Å². The highest BCUT2D eigenvalue weighted by molar-refractivity contribution is 5.39. The molecule has 1 aromatic carbocycles. The van der Waals surface area contributed by atoms with E-state index >= 15 is 0 Å². The molecule has 94 valence electrons. The van der Waals surface area contributed by atoms with Gasteiger partial charge in [-0.05, 0) is 6.42 Å². The third-order valence-corrected chi connectivity index (χ3v) is 2.72. The van der Waals surface area contributed by atoms with Crippen LogP contribution in [0.3, 0.4) is 0 Å². The molecule has 0 atom stereocenters. The zero-order chi connectivity index (χ0) is 13.0. The van der Waals surface area contributed by atoms with E-state index in [1.807, 2.05) is 6.20 Å². The normalized spacial score (nSPS) is 10.5. The molecule has 6 nitrogen and oxygen atoms in total. The van der Waals surface area contributed by atoms with Crippen LogP contribution in [0, 0.1) is 10.1 Å². The molecule has 0 amide bonds. The Balaban J connectivity index is 2.08. The van der Waals surface area contributed by atoms with Crippen molar-refractivity contribution >= 4 is 5.69 Å². The average molecular weight is 246 g/mol. The lowest BCUT2D eigenvalue weighted by molar-refractivity contribution is -0.385. The van der Waals surface area contributed by atoms with Crippen LogP contribution in [0.25, 0.3) is 0 Å². The maximum absolute atomic E-state index is 10.9. The number of aryl methyl sites for hydroxylation is 2. The molecule has 0 aliphatic heterocycles. The summed E-state index contributed by atoms with van der Waals surface area (Å²) in [6.45, 7) is 1.05. The molecule has 0 fully saturated rings. The minimum atomic E-state index is -0.357. The van der Waals surface area contributed by atoms with E-state index in [0.717, 1.165) is 5.56 Å². The Morgan fingerprint density at radius 2 is 2.17 bits per heavy atom. The molecule has 2 rings (SSSR count). The second kappa shape index (κ2) is 5.42. The van der Waals surface area contributed by atoms with Crippen molar-refractivity contribution < 1.29 is 4.92 Å². The van der Waals surface area contributed by atoms with Gasteiger partial charge in [0.05, 0.1) is 11.1 Å². The molecule has 0 saturated carbocycles. The van der Waals surface area contributed by atoms with Gasteiger partial charge in [-0.2, -0.15) is 5.10 Å². The van der Waals surface area contributed by atoms with Gasteiger partial charge in [-0.25, -0.2) is 0 Å². The van der Waals surface area contributed by atoms with Crippen LogP contribution in [-0.4, -0.2) is 14.7 Å². The Morgan fingerprint density at radius 1 is 1.39 bits per heavy atom. The fourth-order valence-electron chi connectivity index (χ4n) is 1.77. The summed E-state index contributed by atoms with van der Waals surface area (Å²) >= 11 is 0. The summed E-state index contributed by atoms with van der Waals surface area (Å²) in [5, 5.41) is 15.0. The molecule has 1 heterocycles. The van der Waals surface area contributed by atoms with Crippen LogP contribution in [0.5, 0.6) is 0 Å². The number of nitrogens with two attached hydrogens (primary N) is 1. The van der Waals surface area contributed by atoms with E-state index in [1.165, 1.54) is 6.07 Å². The summed E-state index contributed by atoms with van der Waals surface area (Å²) in [6, 6.07) is 6.76. The number of hydrogen-bond acceptors (Lipinski definition) is 4. The van der Waals surface area contributed by atoms with Crippen molar-refractivity contribution in [2.24, 2.45) is 5.73 Å². The first kappa shape index (κ1) is 12.3. The minimum absolute atomic E-state index is 0.156. The molecular formula is C12H14N4O2. The first-order chi connectivity index (χ1) is 8.70. The van der Waals surface area contributed by atoms with E-state index in [0.29, 0.717) is 25.1 Å². The molecule has 0 bridgehead atoms. The minimum Gasteiger partial charge on any atom is -0.326 e. The molecule has 2 N–H and O–H groups in total. The van der Waals surface area contributed by atoms with E-state index in [1.54, 1.807) is 29.1 Å². The number of nitro groups is 1. The molecule has 0 aliphatic carbocycles. The van der Waals surface area contributed by atoms with Crippen molar-refractivity contribution in [3.05, 3.63) is 57.9 Å². The first-order valence-electron chi connectivity index (χ1n) is 5.64. The van der Waals surface area contributed by atoms with Gasteiger partial charge in [0.2, 0.25) is 0 Å². The van der Waals surface area contributed by atoms with Gasteiger partial charge in [0.15, 0.2) is 0 Å². The topological polar surface area (TPSA) is 87.0 Å². The summed E-state index contributed by atoms with van der Waals surface area (Å²) < 4.78 is 1.75. The Bertz CT molecular complexity index is 551. The zero-order valence-corrected chi connectivity index (χ0v) is 9.82. The smallest absolute Gasteiger partial charge is 0.272 e. The number of aromatic nitrogens is 2. The van der Waals surface area contributed by atoms with Crippen LogP contribution in [-0.2, 0) is 19.5 Å². The lowest BCUT2D eigenvalue weighted by Gasteiger charge is -2.03. The molecular weight excluding hydrogens is 232 g/mol. The highest BCUT2D eigenvalue weighted by Crippen LogP contribution is 2.18. The monoisotopic (exact) mass is 246 g/mol. The predicted octanol–water partition coefficient (Wildman–Crippen LogP) is 1.49. The first-order valence-corrected chi connectivity index (χ1v) is 5.64. The van der Waals surface area contributed by atoms with Crippen molar-refractivity contribution in [2.75, 3.05) is 0 Å². The molecule has 18 heavy (non-hydrogen) atoms. The Labute approximate surface area is 104 Å². The van der Waals surface area contributed by atoms with Gasteiger partial charge in [-0.15, -0.1) is 0 Å². The summed E-state index contributed by atoms with van der Waals surface area (Å²) in [5.74, 6) is 0. The van der Waals surface area contributed by atoms with Gasteiger partial charge >= 0.3 is 0 Å². The van der Waals surface area contributed by atoms with E-state index in [4.69, 9.17) is 5.73 Å². The van der Waals surface area contributed by atoms with Gasteiger partial charge in [0.25, 0.3) is 5.69 Å². The largest absolute Gasteiger partial charge is 0.326 e. The highest BCUT2D eigenvalue weighted by Gasteiger charge is 2.11. The van der Waals surface area contributed by atoms with Crippen molar-refractivity contribution in [1.82, 2.24) is 9.78 Å². The molecule has 1 aromatic heterocycles. The van der Waals surface area contributed by atoms with Gasteiger partial charge in [-0.3, -0.25) is 14.8 Å². The molecule has 0 radical (unpaired) electrons. The fraction of sp³-hybridized carbons (Fsp3) is 0.250. The third-order valence-electron chi connectivity index (χ3n) is 2.72. The van der Waals surface area contributed by atoms with Crippen LogP contribution in [0.15, 0.2) is 36.7 Å². The number of benzene rings is 1. The Hall–Kier alpha value is -2.21. The van der Waals surface area contributed by atoms with Crippen molar-refractivity contribution in [2.45, 2.75) is 19.5 Å². The van der Waals surface area contributed by atoms with Crippen molar-refractivity contribution in [3.63, 3.8) is 0 Å². The number of rotatable bonds is 5. The molecule has 0 spiro atoms. The van der Waals surface area contributed by atoms with Gasteiger partial charge < -0.3 is 5.73 Å². The van der Waals surface area contributed by atoms with Crippen molar-refractivity contribution in [3.8, 4) is 0 Å². The number of nitro benzene ring substituents is 1. The van der Waals surface area contributed by atoms with E-state index < -0.39 is 0 Å². The number of nitrogens with zero attached hydrogens (tertiary/aromatic N) is 3. The van der Waals surface area contributed by atoms with Crippen LogP contribution in [0.1, 0.15) is 11.1 Å². The predicted molar refractivity (Wildman–Crippen MR) is 66.9 cm³/mol. The third kappa shape index (κ3) is 2.72. The summed E-state index contributed by atoms with van der Waals surface area (Å²) in [6.07, 6.45) is 4.14. The lowest BCUT2D eigenvalue weighted by Crippen LogP contribution is -2.04. The second-order valence-electron chi connectivity index (χ2n) is 3.95. The lowest BCUT2D eigenvalue weighted by atomic mass is 10.1. The standard InChI is InChI=1S/C12H14N4O2/c13-7-10-8-14-15(9-10)6-5-11-3-1-2-4-12(11)16(17)18/h1-4,8-9H,5-7,13H2. The molecule has 2 aromatic rings. The van der Waals surface area contributed by atoms with Gasteiger partial charge in [0, 0.05) is 36.5 Å².